The van der Waals surface area contributed by atoms with E-state index in [4.69, 9.17) is 4.74 Å². The zero-order valence-electron chi connectivity index (χ0n) is 11.5. The lowest BCUT2D eigenvalue weighted by Crippen LogP contribution is -2.22. The first-order valence-corrected chi connectivity index (χ1v) is 6.85. The SMILES string of the molecule is CCOC(=O)/C(F)=C(\C(=O)OCC)C1CCCCC1. The fourth-order valence-electron chi connectivity index (χ4n) is 2.34. The summed E-state index contributed by atoms with van der Waals surface area (Å²) in [4.78, 5) is 23.3. The van der Waals surface area contributed by atoms with Crippen LogP contribution in [0.1, 0.15) is 46.0 Å². The van der Waals surface area contributed by atoms with Crippen LogP contribution >= 0.6 is 0 Å². The number of ether oxygens (including phenoxy) is 2. The van der Waals surface area contributed by atoms with Crippen molar-refractivity contribution in [1.82, 2.24) is 0 Å². The Morgan fingerprint density at radius 1 is 1.00 bits per heavy atom. The van der Waals surface area contributed by atoms with Gasteiger partial charge in [-0.05, 0) is 32.6 Å². The van der Waals surface area contributed by atoms with Crippen molar-refractivity contribution in [1.29, 1.82) is 0 Å². The van der Waals surface area contributed by atoms with Gasteiger partial charge >= 0.3 is 11.9 Å². The minimum absolute atomic E-state index is 0.0764. The van der Waals surface area contributed by atoms with E-state index in [-0.39, 0.29) is 24.7 Å². The van der Waals surface area contributed by atoms with E-state index in [1.807, 2.05) is 0 Å². The molecule has 19 heavy (non-hydrogen) atoms. The van der Waals surface area contributed by atoms with E-state index < -0.39 is 17.8 Å². The molecule has 108 valence electrons. The molecule has 1 rings (SSSR count). The van der Waals surface area contributed by atoms with Crippen LogP contribution in [0.4, 0.5) is 4.39 Å². The molecule has 0 radical (unpaired) electrons. The minimum Gasteiger partial charge on any atom is -0.463 e. The summed E-state index contributed by atoms with van der Waals surface area (Å²) in [6.45, 7) is 3.48. The molecule has 4 nitrogen and oxygen atoms in total. The molecule has 1 aliphatic carbocycles. The summed E-state index contributed by atoms with van der Waals surface area (Å²) in [5.74, 6) is -3.14. The van der Waals surface area contributed by atoms with Gasteiger partial charge in [-0.3, -0.25) is 0 Å². The van der Waals surface area contributed by atoms with Crippen LogP contribution in [0.2, 0.25) is 0 Å². The Labute approximate surface area is 113 Å². The average molecular weight is 272 g/mol. The Bertz CT molecular complexity index is 356. The summed E-state index contributed by atoms with van der Waals surface area (Å²) in [7, 11) is 0. The predicted molar refractivity (Wildman–Crippen MR) is 68.0 cm³/mol. The molecule has 0 amide bonds. The van der Waals surface area contributed by atoms with Crippen LogP contribution in [0.3, 0.4) is 0 Å². The van der Waals surface area contributed by atoms with Gasteiger partial charge in [0.2, 0.25) is 5.83 Å². The Hall–Kier alpha value is -1.39. The van der Waals surface area contributed by atoms with Crippen molar-refractivity contribution < 1.29 is 23.5 Å². The van der Waals surface area contributed by atoms with Gasteiger partial charge in [0.15, 0.2) is 0 Å². The third-order valence-corrected chi connectivity index (χ3v) is 3.20. The van der Waals surface area contributed by atoms with Gasteiger partial charge in [0, 0.05) is 0 Å². The number of rotatable bonds is 5. The van der Waals surface area contributed by atoms with Crippen LogP contribution in [0.15, 0.2) is 11.4 Å². The van der Waals surface area contributed by atoms with Crippen molar-refractivity contribution in [3.8, 4) is 0 Å². The molecule has 0 N–H and O–H groups in total. The maximum atomic E-state index is 14.1. The molecule has 0 saturated heterocycles. The van der Waals surface area contributed by atoms with Crippen LogP contribution in [0.5, 0.6) is 0 Å². The number of hydrogen-bond donors (Lipinski definition) is 0. The highest BCUT2D eigenvalue weighted by Gasteiger charge is 2.31. The molecule has 0 bridgehead atoms. The van der Waals surface area contributed by atoms with Crippen LogP contribution in [0.25, 0.3) is 0 Å². The second-order valence-corrected chi connectivity index (χ2v) is 4.50. The summed E-state index contributed by atoms with van der Waals surface area (Å²) in [6, 6.07) is 0. The molecule has 1 saturated carbocycles. The van der Waals surface area contributed by atoms with E-state index in [2.05, 4.69) is 4.74 Å². The molecule has 1 fully saturated rings. The summed E-state index contributed by atoms with van der Waals surface area (Å²) in [6.07, 6.45) is 4.36. The highest BCUT2D eigenvalue weighted by Crippen LogP contribution is 2.32. The molecule has 0 atom stereocenters. The maximum Gasteiger partial charge on any atom is 0.367 e. The Morgan fingerprint density at radius 2 is 1.53 bits per heavy atom. The van der Waals surface area contributed by atoms with E-state index in [1.165, 1.54) is 0 Å². The summed E-state index contributed by atoms with van der Waals surface area (Å²) in [5, 5.41) is 0. The number of halogens is 1. The molecule has 0 unspecified atom stereocenters. The molecule has 0 aromatic heterocycles. The van der Waals surface area contributed by atoms with Crippen molar-refractivity contribution in [2.45, 2.75) is 46.0 Å². The van der Waals surface area contributed by atoms with Crippen LogP contribution in [0, 0.1) is 5.92 Å². The predicted octanol–water partition coefficient (Wildman–Crippen LogP) is 2.92. The zero-order valence-corrected chi connectivity index (χ0v) is 11.5. The topological polar surface area (TPSA) is 52.6 Å². The highest BCUT2D eigenvalue weighted by molar-refractivity contribution is 5.99. The maximum absolute atomic E-state index is 14.1. The third kappa shape index (κ3) is 4.33. The fraction of sp³-hybridized carbons (Fsp3) is 0.714. The van der Waals surface area contributed by atoms with Gasteiger partial charge in [-0.2, -0.15) is 4.39 Å². The van der Waals surface area contributed by atoms with E-state index in [9.17, 15) is 14.0 Å². The second-order valence-electron chi connectivity index (χ2n) is 4.50. The molecule has 5 heteroatoms. The number of carbonyl (C=O) groups excluding carboxylic acids is 2. The number of hydrogen-bond acceptors (Lipinski definition) is 4. The lowest BCUT2D eigenvalue weighted by atomic mass is 9.83. The van der Waals surface area contributed by atoms with Gasteiger partial charge in [0.05, 0.1) is 18.8 Å². The van der Waals surface area contributed by atoms with Crippen molar-refractivity contribution in [3.63, 3.8) is 0 Å². The monoisotopic (exact) mass is 272 g/mol. The molecule has 1 aliphatic rings. The first kappa shape index (κ1) is 15.7. The lowest BCUT2D eigenvalue weighted by Gasteiger charge is -2.23. The summed E-state index contributed by atoms with van der Waals surface area (Å²) >= 11 is 0. The van der Waals surface area contributed by atoms with Crippen molar-refractivity contribution in [2.24, 2.45) is 5.92 Å². The highest BCUT2D eigenvalue weighted by atomic mass is 19.1. The van der Waals surface area contributed by atoms with Gasteiger partial charge in [0.25, 0.3) is 0 Å². The van der Waals surface area contributed by atoms with E-state index >= 15 is 0 Å². The third-order valence-electron chi connectivity index (χ3n) is 3.20. The van der Waals surface area contributed by atoms with Crippen LogP contribution < -0.4 is 0 Å². The van der Waals surface area contributed by atoms with E-state index in [0.29, 0.717) is 12.8 Å². The number of carbonyl (C=O) groups is 2. The molecular formula is C14H21FO4. The quantitative estimate of drug-likeness (QED) is 0.570. The van der Waals surface area contributed by atoms with Crippen molar-refractivity contribution in [3.05, 3.63) is 11.4 Å². The number of esters is 2. The first-order valence-electron chi connectivity index (χ1n) is 6.85. The van der Waals surface area contributed by atoms with Gasteiger partial charge < -0.3 is 9.47 Å². The first-order chi connectivity index (χ1) is 9.11. The van der Waals surface area contributed by atoms with E-state index in [0.717, 1.165) is 19.3 Å². The fourth-order valence-corrected chi connectivity index (χ4v) is 2.34. The van der Waals surface area contributed by atoms with Gasteiger partial charge in [-0.15, -0.1) is 0 Å². The Morgan fingerprint density at radius 3 is 2.05 bits per heavy atom. The minimum atomic E-state index is -1.09. The van der Waals surface area contributed by atoms with Crippen molar-refractivity contribution >= 4 is 11.9 Å². The molecule has 0 aliphatic heterocycles. The standard InChI is InChI=1S/C14H21FO4/c1-3-18-13(16)11(10-8-6-5-7-9-10)12(15)14(17)19-4-2/h10H,3-9H2,1-2H3/b12-11+. The molecule has 0 spiro atoms. The zero-order chi connectivity index (χ0) is 14.3. The smallest absolute Gasteiger partial charge is 0.367 e. The lowest BCUT2D eigenvalue weighted by molar-refractivity contribution is -0.143. The molecular weight excluding hydrogens is 251 g/mol. The van der Waals surface area contributed by atoms with Gasteiger partial charge in [-0.25, -0.2) is 9.59 Å². The Kier molecular flexibility index (Phi) is 6.53. The largest absolute Gasteiger partial charge is 0.463 e. The summed E-state index contributed by atoms with van der Waals surface area (Å²) in [5.41, 5.74) is -0.139. The van der Waals surface area contributed by atoms with E-state index in [1.54, 1.807) is 13.8 Å². The second kappa shape index (κ2) is 7.92. The Balaban J connectivity index is 2.98. The normalized spacial score (nSPS) is 17.6. The van der Waals surface area contributed by atoms with Crippen LogP contribution in [-0.4, -0.2) is 25.2 Å². The molecule has 0 heterocycles. The van der Waals surface area contributed by atoms with Gasteiger partial charge in [0.1, 0.15) is 0 Å². The van der Waals surface area contributed by atoms with Crippen molar-refractivity contribution in [2.75, 3.05) is 13.2 Å². The summed E-state index contributed by atoms with van der Waals surface area (Å²) < 4.78 is 23.6. The average Bonchev–Trinajstić information content (AvgIpc) is 2.40. The molecule has 0 aromatic rings. The van der Waals surface area contributed by atoms with Crippen LogP contribution in [-0.2, 0) is 19.1 Å². The van der Waals surface area contributed by atoms with Gasteiger partial charge in [-0.1, -0.05) is 19.3 Å². The molecule has 0 aromatic carbocycles.